The Bertz CT molecular complexity index is 1430. The van der Waals surface area contributed by atoms with E-state index in [-0.39, 0.29) is 24.5 Å². The number of hydrogen-bond donors (Lipinski definition) is 1. The van der Waals surface area contributed by atoms with Gasteiger partial charge < -0.3 is 38.6 Å². The van der Waals surface area contributed by atoms with Gasteiger partial charge in [-0.25, -0.2) is 4.79 Å². The second-order valence-corrected chi connectivity index (χ2v) is 11.7. The highest BCUT2D eigenvalue weighted by Crippen LogP contribution is 2.33. The largest absolute Gasteiger partial charge is 0.496 e. The van der Waals surface area contributed by atoms with Crippen LogP contribution in [-0.2, 0) is 32.2 Å². The Hall–Kier alpha value is -4.12. The molecule has 1 fully saturated rings. The molecule has 10 nitrogen and oxygen atoms in total. The van der Waals surface area contributed by atoms with Crippen LogP contribution in [0.3, 0.4) is 0 Å². The van der Waals surface area contributed by atoms with Gasteiger partial charge in [-0.1, -0.05) is 42.5 Å². The number of rotatable bonds is 17. The van der Waals surface area contributed by atoms with Crippen LogP contribution >= 0.6 is 0 Å². The molecule has 2 amide bonds. The second-order valence-electron chi connectivity index (χ2n) is 11.7. The van der Waals surface area contributed by atoms with Gasteiger partial charge in [0.05, 0.1) is 46.2 Å². The molecular formula is C37H48N2O8. The smallest absolute Gasteiger partial charge is 0.407 e. The number of amides is 2. The first kappa shape index (κ1) is 35.7. The van der Waals surface area contributed by atoms with E-state index in [2.05, 4.69) is 0 Å². The Balaban J connectivity index is 1.33. The SMILES string of the molecule is COCCCN(C(C)=O)c1cc(COC2CN(C(=O)O)CCC2c2ccc(OCCCOCc3ccccc3OC)cc2)ccc1C. The van der Waals surface area contributed by atoms with E-state index < -0.39 is 6.09 Å². The zero-order valence-corrected chi connectivity index (χ0v) is 28.0. The summed E-state index contributed by atoms with van der Waals surface area (Å²) < 4.78 is 28.8. The van der Waals surface area contributed by atoms with Crippen molar-refractivity contribution in [1.29, 1.82) is 0 Å². The monoisotopic (exact) mass is 648 g/mol. The lowest BCUT2D eigenvalue weighted by atomic mass is 9.87. The molecule has 0 spiro atoms. The first-order chi connectivity index (χ1) is 22.8. The summed E-state index contributed by atoms with van der Waals surface area (Å²) in [5.41, 5.74) is 4.86. The van der Waals surface area contributed by atoms with Crippen molar-refractivity contribution in [3.05, 3.63) is 89.0 Å². The number of nitrogens with zero attached hydrogens (tertiary/aromatic N) is 2. The highest BCUT2D eigenvalue weighted by molar-refractivity contribution is 5.92. The van der Waals surface area contributed by atoms with Crippen molar-refractivity contribution in [3.63, 3.8) is 0 Å². The molecule has 3 aromatic rings. The number of para-hydroxylation sites is 1. The maximum Gasteiger partial charge on any atom is 0.407 e. The molecule has 254 valence electrons. The predicted octanol–water partition coefficient (Wildman–Crippen LogP) is 6.43. The molecular weight excluding hydrogens is 600 g/mol. The molecule has 0 aromatic heterocycles. The van der Waals surface area contributed by atoms with Crippen LogP contribution in [0.25, 0.3) is 0 Å². The molecule has 1 heterocycles. The molecule has 0 radical (unpaired) electrons. The van der Waals surface area contributed by atoms with E-state index in [1.165, 1.54) is 4.90 Å². The zero-order valence-electron chi connectivity index (χ0n) is 28.0. The standard InChI is InChI=1S/C37H48N2O8/c1-27-11-12-29(23-34(27)39(28(2)40)18-7-20-43-3)25-47-36-24-38(37(41)42)19-17-33(36)30-13-15-32(16-14-30)46-22-8-21-45-26-31-9-5-6-10-35(31)44-4/h5-6,9-16,23,33,36H,7-8,17-22,24-26H2,1-4H3,(H,41,42). The summed E-state index contributed by atoms with van der Waals surface area (Å²) in [4.78, 5) is 27.5. The summed E-state index contributed by atoms with van der Waals surface area (Å²) in [6.45, 7) is 7.29. The summed E-state index contributed by atoms with van der Waals surface area (Å²) in [6, 6.07) is 21.8. The van der Waals surface area contributed by atoms with E-state index in [1.54, 1.807) is 26.0 Å². The van der Waals surface area contributed by atoms with Crippen molar-refractivity contribution in [3.8, 4) is 11.5 Å². The number of ether oxygens (including phenoxy) is 5. The minimum absolute atomic E-state index is 0.0238. The van der Waals surface area contributed by atoms with Crippen LogP contribution in [0.5, 0.6) is 11.5 Å². The van der Waals surface area contributed by atoms with Gasteiger partial charge in [-0.15, -0.1) is 0 Å². The molecule has 0 aliphatic carbocycles. The van der Waals surface area contributed by atoms with E-state index in [1.807, 2.05) is 73.7 Å². The molecule has 1 aliphatic heterocycles. The molecule has 2 unspecified atom stereocenters. The molecule has 10 heteroatoms. The van der Waals surface area contributed by atoms with Gasteiger partial charge in [0.1, 0.15) is 11.5 Å². The lowest BCUT2D eigenvalue weighted by molar-refractivity contribution is -0.116. The third-order valence-corrected chi connectivity index (χ3v) is 8.43. The highest BCUT2D eigenvalue weighted by Gasteiger charge is 2.33. The number of likely N-dealkylation sites (tertiary alicyclic amines) is 1. The first-order valence-electron chi connectivity index (χ1n) is 16.2. The fraction of sp³-hybridized carbons (Fsp3) is 0.459. The second kappa shape index (κ2) is 18.3. The van der Waals surface area contributed by atoms with Gasteiger partial charge in [0.15, 0.2) is 0 Å². The van der Waals surface area contributed by atoms with Crippen LogP contribution in [0.1, 0.15) is 54.4 Å². The number of aryl methyl sites for hydroxylation is 1. The van der Waals surface area contributed by atoms with Crippen molar-refractivity contribution in [2.45, 2.75) is 58.3 Å². The van der Waals surface area contributed by atoms with Gasteiger partial charge in [-0.3, -0.25) is 4.79 Å². The normalized spacial score (nSPS) is 16.1. The summed E-state index contributed by atoms with van der Waals surface area (Å²) >= 11 is 0. The Morgan fingerprint density at radius 3 is 2.47 bits per heavy atom. The average molecular weight is 649 g/mol. The molecule has 47 heavy (non-hydrogen) atoms. The molecule has 1 saturated heterocycles. The van der Waals surface area contributed by atoms with Gasteiger partial charge in [-0.2, -0.15) is 0 Å². The Morgan fingerprint density at radius 2 is 1.74 bits per heavy atom. The summed E-state index contributed by atoms with van der Waals surface area (Å²) in [7, 11) is 3.31. The molecule has 4 rings (SSSR count). The highest BCUT2D eigenvalue weighted by atomic mass is 16.5. The minimum Gasteiger partial charge on any atom is -0.496 e. The number of hydrogen-bond acceptors (Lipinski definition) is 7. The van der Waals surface area contributed by atoms with Crippen LogP contribution in [-0.4, -0.2) is 81.8 Å². The number of piperidine rings is 1. The molecule has 0 bridgehead atoms. The molecule has 1 aliphatic rings. The van der Waals surface area contributed by atoms with E-state index in [0.29, 0.717) is 52.5 Å². The van der Waals surface area contributed by atoms with Gasteiger partial charge >= 0.3 is 6.09 Å². The van der Waals surface area contributed by atoms with Crippen molar-refractivity contribution < 1.29 is 38.4 Å². The average Bonchev–Trinajstić information content (AvgIpc) is 3.08. The first-order valence-corrected chi connectivity index (χ1v) is 16.2. The van der Waals surface area contributed by atoms with Crippen molar-refractivity contribution in [2.24, 2.45) is 0 Å². The van der Waals surface area contributed by atoms with E-state index >= 15 is 0 Å². The Morgan fingerprint density at radius 1 is 0.957 bits per heavy atom. The van der Waals surface area contributed by atoms with Gasteiger partial charge in [0.25, 0.3) is 0 Å². The fourth-order valence-electron chi connectivity index (χ4n) is 5.86. The summed E-state index contributed by atoms with van der Waals surface area (Å²) in [5.74, 6) is 1.58. The quantitative estimate of drug-likeness (QED) is 0.167. The van der Waals surface area contributed by atoms with E-state index in [0.717, 1.165) is 52.3 Å². The lowest BCUT2D eigenvalue weighted by Gasteiger charge is -2.37. The Kier molecular flexibility index (Phi) is 13.9. The number of carbonyl (C=O) groups excluding carboxylic acids is 1. The van der Waals surface area contributed by atoms with Crippen molar-refractivity contribution >= 4 is 17.7 Å². The summed E-state index contributed by atoms with van der Waals surface area (Å²) in [5, 5.41) is 9.71. The number of anilines is 1. The number of methoxy groups -OCH3 is 2. The van der Waals surface area contributed by atoms with Crippen LogP contribution in [0.4, 0.5) is 10.5 Å². The minimum atomic E-state index is -0.946. The van der Waals surface area contributed by atoms with Crippen molar-refractivity contribution in [2.75, 3.05) is 58.6 Å². The number of carboxylic acid groups (broad SMARTS) is 1. The molecule has 2 atom stereocenters. The molecule has 3 aromatic carbocycles. The molecule has 1 N–H and O–H groups in total. The Labute approximate surface area is 278 Å². The van der Waals surface area contributed by atoms with E-state index in [9.17, 15) is 14.7 Å². The lowest BCUT2D eigenvalue weighted by Crippen LogP contribution is -2.46. The maximum atomic E-state index is 12.5. The van der Waals surface area contributed by atoms with Gasteiger partial charge in [-0.05, 0) is 60.7 Å². The van der Waals surface area contributed by atoms with Gasteiger partial charge in [0, 0.05) is 57.3 Å². The zero-order chi connectivity index (χ0) is 33.6. The molecule has 0 saturated carbocycles. The van der Waals surface area contributed by atoms with Gasteiger partial charge in [0.2, 0.25) is 5.91 Å². The van der Waals surface area contributed by atoms with E-state index in [4.69, 9.17) is 23.7 Å². The van der Waals surface area contributed by atoms with Crippen molar-refractivity contribution in [1.82, 2.24) is 4.90 Å². The fourth-order valence-corrected chi connectivity index (χ4v) is 5.86. The maximum absolute atomic E-state index is 12.5. The summed E-state index contributed by atoms with van der Waals surface area (Å²) in [6.07, 6.45) is 0.852. The van der Waals surface area contributed by atoms with Crippen LogP contribution in [0.15, 0.2) is 66.7 Å². The van der Waals surface area contributed by atoms with Crippen LogP contribution in [0.2, 0.25) is 0 Å². The predicted molar refractivity (Wildman–Crippen MR) is 180 cm³/mol. The number of benzene rings is 3. The topological polar surface area (TPSA) is 107 Å². The number of carbonyl (C=O) groups is 2. The third-order valence-electron chi connectivity index (χ3n) is 8.43. The van der Waals surface area contributed by atoms with Crippen LogP contribution < -0.4 is 14.4 Å². The third kappa shape index (κ3) is 10.4. The van der Waals surface area contributed by atoms with Crippen LogP contribution in [0, 0.1) is 6.92 Å².